The topological polar surface area (TPSA) is 68.0 Å². The lowest BCUT2D eigenvalue weighted by Crippen LogP contribution is -2.49. The highest BCUT2D eigenvalue weighted by Crippen LogP contribution is 2.33. The summed E-state index contributed by atoms with van der Waals surface area (Å²) in [5.74, 6) is 1.38. The zero-order valence-corrected chi connectivity index (χ0v) is 18.1. The lowest BCUT2D eigenvalue weighted by molar-refractivity contribution is 0.192. The molecular weight excluding hydrogens is 378 g/mol. The molecule has 0 bridgehead atoms. The predicted molar refractivity (Wildman–Crippen MR) is 120 cm³/mol. The monoisotopic (exact) mass is 411 g/mol. The summed E-state index contributed by atoms with van der Waals surface area (Å²) in [6.45, 7) is 5.38. The van der Waals surface area contributed by atoms with Crippen molar-refractivity contribution in [1.82, 2.24) is 4.90 Å². The first-order valence-electron chi connectivity index (χ1n) is 10.8. The number of rotatable bonds is 10. The number of nitrogens with two attached hydrogens (primary N) is 1. The quantitative estimate of drug-likeness (QED) is 0.582. The van der Waals surface area contributed by atoms with E-state index in [1.807, 2.05) is 52.3 Å². The maximum atomic E-state index is 13.2. The van der Waals surface area contributed by atoms with Crippen LogP contribution in [0.2, 0.25) is 0 Å². The third-order valence-corrected chi connectivity index (χ3v) is 5.41. The van der Waals surface area contributed by atoms with Crippen molar-refractivity contribution >= 4 is 11.7 Å². The van der Waals surface area contributed by atoms with Crippen molar-refractivity contribution in [3.63, 3.8) is 0 Å². The highest BCUT2D eigenvalue weighted by molar-refractivity contribution is 5.93. The average molecular weight is 412 g/mol. The third-order valence-electron chi connectivity index (χ3n) is 5.41. The number of hydrogen-bond donors (Lipinski definition) is 1. The van der Waals surface area contributed by atoms with Gasteiger partial charge in [0.2, 0.25) is 0 Å². The van der Waals surface area contributed by atoms with Gasteiger partial charge < -0.3 is 20.1 Å². The molecule has 30 heavy (non-hydrogen) atoms. The molecule has 2 aromatic rings. The summed E-state index contributed by atoms with van der Waals surface area (Å²) in [6.07, 6.45) is 4.20. The lowest BCUT2D eigenvalue weighted by Gasteiger charge is -2.36. The molecule has 0 unspecified atom stereocenters. The van der Waals surface area contributed by atoms with E-state index in [1.165, 1.54) is 0 Å². The Bertz CT molecular complexity index is 823. The van der Waals surface area contributed by atoms with Gasteiger partial charge in [0, 0.05) is 37.9 Å². The molecule has 2 N–H and O–H groups in total. The van der Waals surface area contributed by atoms with E-state index in [4.69, 9.17) is 15.2 Å². The fourth-order valence-electron chi connectivity index (χ4n) is 3.65. The number of carbonyl (C=O) groups is 1. The van der Waals surface area contributed by atoms with Crippen LogP contribution in [0.4, 0.5) is 10.5 Å². The maximum Gasteiger partial charge on any atom is 0.324 e. The normalized spacial score (nSPS) is 14.2. The fraction of sp³-hybridized carbons (Fsp3) is 0.458. The average Bonchev–Trinajstić information content (AvgIpc) is 2.78. The van der Waals surface area contributed by atoms with Crippen LogP contribution in [0.15, 0.2) is 42.5 Å². The number of methoxy groups -OCH3 is 1. The van der Waals surface area contributed by atoms with E-state index < -0.39 is 0 Å². The van der Waals surface area contributed by atoms with Crippen LogP contribution in [0.3, 0.4) is 0 Å². The zero-order chi connectivity index (χ0) is 21.3. The van der Waals surface area contributed by atoms with Gasteiger partial charge in [-0.05, 0) is 36.1 Å². The summed E-state index contributed by atoms with van der Waals surface area (Å²) in [7, 11) is 1.64. The largest absolute Gasteiger partial charge is 0.493 e. The molecule has 0 aromatic heterocycles. The van der Waals surface area contributed by atoms with E-state index in [0.29, 0.717) is 37.7 Å². The highest BCUT2D eigenvalue weighted by atomic mass is 16.5. The summed E-state index contributed by atoms with van der Waals surface area (Å²) in [5, 5.41) is 0. The van der Waals surface area contributed by atoms with Crippen molar-refractivity contribution in [2.75, 3.05) is 31.7 Å². The molecule has 3 rings (SSSR count). The number of unbranched alkanes of at least 4 members (excludes halogenated alkanes) is 2. The molecule has 2 aromatic carbocycles. The van der Waals surface area contributed by atoms with Gasteiger partial charge in [-0.25, -0.2) is 4.79 Å². The predicted octanol–water partition coefficient (Wildman–Crippen LogP) is 4.56. The van der Waals surface area contributed by atoms with Crippen molar-refractivity contribution in [2.45, 2.75) is 45.7 Å². The van der Waals surface area contributed by atoms with Crippen LogP contribution in [0.1, 0.15) is 43.7 Å². The van der Waals surface area contributed by atoms with E-state index in [1.54, 1.807) is 7.11 Å². The van der Waals surface area contributed by atoms with Crippen LogP contribution in [0.25, 0.3) is 0 Å². The molecule has 6 nitrogen and oxygen atoms in total. The van der Waals surface area contributed by atoms with E-state index in [-0.39, 0.29) is 6.03 Å². The number of carbonyl (C=O) groups excluding carboxylic acids is 1. The van der Waals surface area contributed by atoms with Gasteiger partial charge in [0.15, 0.2) is 11.5 Å². The number of amides is 2. The Balaban J connectivity index is 1.71. The summed E-state index contributed by atoms with van der Waals surface area (Å²) in [4.78, 5) is 16.9. The Morgan fingerprint density at radius 2 is 1.77 bits per heavy atom. The third kappa shape index (κ3) is 5.45. The second kappa shape index (κ2) is 10.9. The molecule has 1 heterocycles. The SMILES string of the molecule is CCCCCOc1cc(N2CCCN(Cc3ccc(CN)cc3)C2=O)ccc1OC. The summed E-state index contributed by atoms with van der Waals surface area (Å²) >= 11 is 0. The van der Waals surface area contributed by atoms with Crippen molar-refractivity contribution < 1.29 is 14.3 Å². The summed E-state index contributed by atoms with van der Waals surface area (Å²) in [5.41, 5.74) is 8.72. The van der Waals surface area contributed by atoms with E-state index >= 15 is 0 Å². The Morgan fingerprint density at radius 3 is 2.47 bits per heavy atom. The lowest BCUT2D eigenvalue weighted by atomic mass is 10.1. The van der Waals surface area contributed by atoms with Gasteiger partial charge in [0.05, 0.1) is 13.7 Å². The van der Waals surface area contributed by atoms with Gasteiger partial charge >= 0.3 is 6.03 Å². The molecular formula is C24H33N3O3. The zero-order valence-electron chi connectivity index (χ0n) is 18.1. The second-order valence-electron chi connectivity index (χ2n) is 7.62. The molecule has 0 saturated carbocycles. The summed E-state index contributed by atoms with van der Waals surface area (Å²) in [6, 6.07) is 13.9. The Morgan fingerprint density at radius 1 is 1.00 bits per heavy atom. The minimum Gasteiger partial charge on any atom is -0.493 e. The molecule has 1 saturated heterocycles. The van der Waals surface area contributed by atoms with Crippen molar-refractivity contribution in [3.8, 4) is 11.5 Å². The fourth-order valence-corrected chi connectivity index (χ4v) is 3.65. The Kier molecular flexibility index (Phi) is 7.97. The van der Waals surface area contributed by atoms with Gasteiger partial charge in [0.25, 0.3) is 0 Å². The number of hydrogen-bond acceptors (Lipinski definition) is 4. The first-order valence-corrected chi connectivity index (χ1v) is 10.8. The second-order valence-corrected chi connectivity index (χ2v) is 7.62. The van der Waals surface area contributed by atoms with Crippen molar-refractivity contribution in [2.24, 2.45) is 5.73 Å². The number of urea groups is 1. The molecule has 2 amide bonds. The molecule has 1 aliphatic rings. The first-order chi connectivity index (χ1) is 14.7. The summed E-state index contributed by atoms with van der Waals surface area (Å²) < 4.78 is 11.4. The number of anilines is 1. The van der Waals surface area contributed by atoms with Gasteiger partial charge in [-0.15, -0.1) is 0 Å². The van der Waals surface area contributed by atoms with Gasteiger partial charge in [0.1, 0.15) is 0 Å². The van der Waals surface area contributed by atoms with E-state index in [0.717, 1.165) is 49.0 Å². The number of nitrogens with zero attached hydrogens (tertiary/aromatic N) is 2. The minimum atomic E-state index is 0.0197. The molecule has 0 radical (unpaired) electrons. The van der Waals surface area contributed by atoms with Crippen LogP contribution < -0.4 is 20.1 Å². The molecule has 0 aliphatic carbocycles. The van der Waals surface area contributed by atoms with Gasteiger partial charge in [-0.2, -0.15) is 0 Å². The molecule has 1 fully saturated rings. The Hall–Kier alpha value is -2.73. The number of ether oxygens (including phenoxy) is 2. The Labute approximate surface area is 179 Å². The van der Waals surface area contributed by atoms with Crippen molar-refractivity contribution in [3.05, 3.63) is 53.6 Å². The molecule has 0 spiro atoms. The number of benzene rings is 2. The van der Waals surface area contributed by atoms with Crippen LogP contribution in [0.5, 0.6) is 11.5 Å². The van der Waals surface area contributed by atoms with Crippen LogP contribution in [0, 0.1) is 0 Å². The minimum absolute atomic E-state index is 0.0197. The van der Waals surface area contributed by atoms with Gasteiger partial charge in [-0.3, -0.25) is 4.90 Å². The van der Waals surface area contributed by atoms with Crippen molar-refractivity contribution in [1.29, 1.82) is 0 Å². The molecule has 0 atom stereocenters. The van der Waals surface area contributed by atoms with Crippen LogP contribution >= 0.6 is 0 Å². The van der Waals surface area contributed by atoms with E-state index in [9.17, 15) is 4.79 Å². The molecule has 162 valence electrons. The van der Waals surface area contributed by atoms with Gasteiger partial charge in [-0.1, -0.05) is 44.0 Å². The molecule has 6 heteroatoms. The molecule has 1 aliphatic heterocycles. The smallest absolute Gasteiger partial charge is 0.324 e. The van der Waals surface area contributed by atoms with Crippen LogP contribution in [-0.4, -0.2) is 37.7 Å². The standard InChI is InChI=1S/C24H33N3O3/c1-3-4-5-15-30-23-16-21(11-12-22(23)29-2)27-14-6-13-26(24(27)28)18-20-9-7-19(17-25)8-10-20/h7-12,16H,3-6,13-15,17-18,25H2,1-2H3. The maximum absolute atomic E-state index is 13.2. The van der Waals surface area contributed by atoms with E-state index in [2.05, 4.69) is 6.92 Å². The van der Waals surface area contributed by atoms with Crippen LogP contribution in [-0.2, 0) is 13.1 Å². The highest BCUT2D eigenvalue weighted by Gasteiger charge is 2.27. The first kappa shape index (κ1) is 22.0.